The van der Waals surface area contributed by atoms with E-state index in [1.54, 1.807) is 7.05 Å². The number of hydrogen-bond donors (Lipinski definition) is 2. The lowest BCUT2D eigenvalue weighted by molar-refractivity contribution is 0.00578. The number of rotatable bonds is 3. The van der Waals surface area contributed by atoms with E-state index >= 15 is 0 Å². The van der Waals surface area contributed by atoms with Crippen LogP contribution in [0.5, 0.6) is 0 Å². The summed E-state index contributed by atoms with van der Waals surface area (Å²) in [5, 5.41) is 19.2. The summed E-state index contributed by atoms with van der Waals surface area (Å²) in [5.41, 5.74) is 1.29. The summed E-state index contributed by atoms with van der Waals surface area (Å²) in [6.07, 6.45) is -1.17. The van der Waals surface area contributed by atoms with Crippen LogP contribution in [0, 0.1) is 0 Å². The largest absolute Gasteiger partial charge is 0.494 e. The lowest BCUT2D eigenvalue weighted by Crippen LogP contribution is -2.41. The molecule has 2 N–H and O–H groups in total. The fraction of sp³-hybridized carbons (Fsp3) is 0.438. The molecule has 1 aliphatic heterocycles. The molecule has 1 amide bonds. The molecule has 2 heterocycles. The number of amides is 1. The third-order valence-corrected chi connectivity index (χ3v) is 4.76. The SMILES string of the molecule is Cn1nnc(-c2ccc(B3OC(C)(C)C(C)(C)O3)cc2)c1NC(=O)O. The molecule has 25 heavy (non-hydrogen) atoms. The number of nitrogens with zero attached hydrogens (tertiary/aromatic N) is 3. The molecule has 132 valence electrons. The molecule has 0 spiro atoms. The van der Waals surface area contributed by atoms with Gasteiger partial charge in [0.05, 0.1) is 11.2 Å². The maximum absolute atomic E-state index is 10.9. The number of aryl methyl sites for hydroxylation is 1. The average Bonchev–Trinajstić information content (AvgIpc) is 2.96. The van der Waals surface area contributed by atoms with Gasteiger partial charge in [-0.15, -0.1) is 5.10 Å². The topological polar surface area (TPSA) is 98.5 Å². The first-order valence-corrected chi connectivity index (χ1v) is 7.96. The van der Waals surface area contributed by atoms with Crippen molar-refractivity contribution in [3.8, 4) is 11.3 Å². The van der Waals surface area contributed by atoms with Gasteiger partial charge in [-0.25, -0.2) is 9.48 Å². The monoisotopic (exact) mass is 344 g/mol. The molecule has 2 aromatic rings. The molecular formula is C16H21BN4O4. The number of anilines is 1. The molecule has 1 saturated heterocycles. The minimum absolute atomic E-state index is 0.316. The Morgan fingerprint density at radius 1 is 1.16 bits per heavy atom. The molecule has 1 fully saturated rings. The van der Waals surface area contributed by atoms with Crippen molar-refractivity contribution >= 4 is 24.5 Å². The molecule has 0 radical (unpaired) electrons. The van der Waals surface area contributed by atoms with E-state index in [0.29, 0.717) is 11.5 Å². The second kappa shape index (κ2) is 5.85. The van der Waals surface area contributed by atoms with Crippen molar-refractivity contribution in [3.63, 3.8) is 0 Å². The second-order valence-corrected chi connectivity index (χ2v) is 7.05. The van der Waals surface area contributed by atoms with E-state index in [9.17, 15) is 4.79 Å². The summed E-state index contributed by atoms with van der Waals surface area (Å²) < 4.78 is 13.4. The summed E-state index contributed by atoms with van der Waals surface area (Å²) >= 11 is 0. The van der Waals surface area contributed by atoms with E-state index < -0.39 is 24.4 Å². The Balaban J connectivity index is 1.86. The zero-order valence-electron chi connectivity index (χ0n) is 14.9. The van der Waals surface area contributed by atoms with E-state index in [-0.39, 0.29) is 0 Å². The highest BCUT2D eigenvalue weighted by atomic mass is 16.7. The minimum Gasteiger partial charge on any atom is -0.465 e. The van der Waals surface area contributed by atoms with Gasteiger partial charge in [0, 0.05) is 12.6 Å². The van der Waals surface area contributed by atoms with Crippen LogP contribution < -0.4 is 10.8 Å². The maximum atomic E-state index is 10.9. The van der Waals surface area contributed by atoms with Gasteiger partial charge in [0.2, 0.25) is 0 Å². The molecule has 8 nitrogen and oxygen atoms in total. The number of aromatic nitrogens is 3. The molecule has 0 bridgehead atoms. The first-order chi connectivity index (χ1) is 11.6. The van der Waals surface area contributed by atoms with Crippen LogP contribution in [0.4, 0.5) is 10.6 Å². The summed E-state index contributed by atoms with van der Waals surface area (Å²) in [4.78, 5) is 10.9. The summed E-state index contributed by atoms with van der Waals surface area (Å²) in [6.45, 7) is 8.02. The zero-order valence-corrected chi connectivity index (χ0v) is 14.9. The van der Waals surface area contributed by atoms with E-state index in [1.165, 1.54) is 4.68 Å². The Morgan fingerprint density at radius 2 is 1.72 bits per heavy atom. The first kappa shape index (κ1) is 17.4. The smallest absolute Gasteiger partial charge is 0.465 e. The number of carbonyl (C=O) groups is 1. The van der Waals surface area contributed by atoms with Crippen LogP contribution in [-0.4, -0.2) is 44.5 Å². The highest BCUT2D eigenvalue weighted by Gasteiger charge is 2.51. The predicted octanol–water partition coefficient (Wildman–Crippen LogP) is 1.87. The van der Waals surface area contributed by atoms with Gasteiger partial charge in [0.25, 0.3) is 0 Å². The van der Waals surface area contributed by atoms with E-state index in [2.05, 4.69) is 15.6 Å². The van der Waals surface area contributed by atoms with Crippen LogP contribution in [0.3, 0.4) is 0 Å². The molecule has 0 atom stereocenters. The zero-order chi connectivity index (χ0) is 18.4. The number of nitrogens with one attached hydrogen (secondary N) is 1. The quantitative estimate of drug-likeness (QED) is 0.825. The third-order valence-electron chi connectivity index (χ3n) is 4.76. The molecule has 0 unspecified atom stereocenters. The summed E-state index contributed by atoms with van der Waals surface area (Å²) in [5.74, 6) is 0.316. The minimum atomic E-state index is -1.17. The van der Waals surface area contributed by atoms with Crippen molar-refractivity contribution in [3.05, 3.63) is 24.3 Å². The van der Waals surface area contributed by atoms with Gasteiger partial charge in [0.15, 0.2) is 5.82 Å². The lowest BCUT2D eigenvalue weighted by Gasteiger charge is -2.32. The van der Waals surface area contributed by atoms with Crippen LogP contribution in [0.15, 0.2) is 24.3 Å². The Morgan fingerprint density at radius 3 is 2.24 bits per heavy atom. The van der Waals surface area contributed by atoms with Crippen molar-refractivity contribution < 1.29 is 19.2 Å². The number of carboxylic acid groups (broad SMARTS) is 1. The normalized spacial score (nSPS) is 18.4. The van der Waals surface area contributed by atoms with Crippen LogP contribution in [0.2, 0.25) is 0 Å². The molecule has 1 aromatic heterocycles. The Kier molecular flexibility index (Phi) is 4.08. The Bertz CT molecular complexity index is 785. The van der Waals surface area contributed by atoms with Crippen LogP contribution >= 0.6 is 0 Å². The highest BCUT2D eigenvalue weighted by molar-refractivity contribution is 6.62. The van der Waals surface area contributed by atoms with E-state index in [0.717, 1.165) is 11.0 Å². The van der Waals surface area contributed by atoms with Gasteiger partial charge in [-0.05, 0) is 33.2 Å². The van der Waals surface area contributed by atoms with Crippen molar-refractivity contribution in [1.29, 1.82) is 0 Å². The second-order valence-electron chi connectivity index (χ2n) is 7.05. The van der Waals surface area contributed by atoms with Crippen molar-refractivity contribution in [2.75, 3.05) is 5.32 Å². The van der Waals surface area contributed by atoms with Crippen LogP contribution in [0.1, 0.15) is 27.7 Å². The van der Waals surface area contributed by atoms with Crippen LogP contribution in [-0.2, 0) is 16.4 Å². The number of hydrogen-bond acceptors (Lipinski definition) is 5. The van der Waals surface area contributed by atoms with Crippen LogP contribution in [0.25, 0.3) is 11.3 Å². The van der Waals surface area contributed by atoms with E-state index in [1.807, 2.05) is 52.0 Å². The number of benzene rings is 1. The van der Waals surface area contributed by atoms with Gasteiger partial charge in [-0.1, -0.05) is 29.5 Å². The Hall–Kier alpha value is -2.39. The van der Waals surface area contributed by atoms with Crippen molar-refractivity contribution in [2.24, 2.45) is 7.05 Å². The van der Waals surface area contributed by atoms with Gasteiger partial charge in [-0.3, -0.25) is 5.32 Å². The molecule has 0 saturated carbocycles. The molecule has 3 rings (SSSR count). The van der Waals surface area contributed by atoms with Gasteiger partial charge in [0.1, 0.15) is 5.69 Å². The van der Waals surface area contributed by atoms with Gasteiger partial charge < -0.3 is 14.4 Å². The summed E-state index contributed by atoms with van der Waals surface area (Å²) in [6, 6.07) is 7.46. The van der Waals surface area contributed by atoms with Crippen molar-refractivity contribution in [1.82, 2.24) is 15.0 Å². The average molecular weight is 344 g/mol. The fourth-order valence-corrected chi connectivity index (χ4v) is 2.57. The predicted molar refractivity (Wildman–Crippen MR) is 93.8 cm³/mol. The van der Waals surface area contributed by atoms with Crippen molar-refractivity contribution in [2.45, 2.75) is 38.9 Å². The van der Waals surface area contributed by atoms with Gasteiger partial charge in [-0.2, -0.15) is 0 Å². The molecule has 1 aliphatic rings. The maximum Gasteiger partial charge on any atom is 0.494 e. The fourth-order valence-electron chi connectivity index (χ4n) is 2.57. The summed E-state index contributed by atoms with van der Waals surface area (Å²) in [7, 11) is 1.18. The molecule has 1 aromatic carbocycles. The standard InChI is InChI=1S/C16H21BN4O4/c1-15(2)16(3,4)25-17(24-15)11-8-6-10(7-9-11)12-13(18-14(22)23)21(5)20-19-12/h6-9,18H,1-5H3,(H,22,23). The molecule has 0 aliphatic carbocycles. The van der Waals surface area contributed by atoms with E-state index in [4.69, 9.17) is 14.4 Å². The lowest BCUT2D eigenvalue weighted by atomic mass is 9.79. The first-order valence-electron chi connectivity index (χ1n) is 7.96. The molecule has 9 heteroatoms. The Labute approximate surface area is 146 Å². The van der Waals surface area contributed by atoms with Gasteiger partial charge >= 0.3 is 13.2 Å². The molecular weight excluding hydrogens is 323 g/mol. The highest BCUT2D eigenvalue weighted by Crippen LogP contribution is 2.36. The third kappa shape index (κ3) is 3.12.